The van der Waals surface area contributed by atoms with Crippen LogP contribution >= 0.6 is 0 Å². The lowest BCUT2D eigenvalue weighted by atomic mass is 10.0. The van der Waals surface area contributed by atoms with E-state index in [1.54, 1.807) is 0 Å². The van der Waals surface area contributed by atoms with Gasteiger partial charge < -0.3 is 10.1 Å². The molecule has 0 radical (unpaired) electrons. The molecule has 1 N–H and O–H groups in total. The van der Waals surface area contributed by atoms with Gasteiger partial charge in [-0.25, -0.2) is 0 Å². The third-order valence-corrected chi connectivity index (χ3v) is 3.10. The van der Waals surface area contributed by atoms with Crippen LogP contribution in [0.5, 0.6) is 0 Å². The largest absolute Gasteiger partial charge is 0.381 e. The summed E-state index contributed by atoms with van der Waals surface area (Å²) in [7, 11) is 0. The number of ether oxygens (including phenoxy) is 1. The molecule has 0 heterocycles. The van der Waals surface area contributed by atoms with Crippen LogP contribution in [0.1, 0.15) is 44.6 Å². The van der Waals surface area contributed by atoms with E-state index in [9.17, 15) is 0 Å². The fraction of sp³-hybridized carbons (Fsp3) is 0.625. The lowest BCUT2D eigenvalue weighted by Gasteiger charge is -2.13. The third-order valence-electron chi connectivity index (χ3n) is 3.10. The fourth-order valence-corrected chi connectivity index (χ4v) is 1.87. The molecule has 18 heavy (non-hydrogen) atoms. The summed E-state index contributed by atoms with van der Waals surface area (Å²) >= 11 is 0. The third kappa shape index (κ3) is 6.77. The molecule has 1 aromatic rings. The minimum Gasteiger partial charge on any atom is -0.381 e. The molecule has 0 bridgehead atoms. The van der Waals surface area contributed by atoms with Gasteiger partial charge in [0.25, 0.3) is 0 Å². The van der Waals surface area contributed by atoms with Crippen LogP contribution in [0, 0.1) is 0 Å². The van der Waals surface area contributed by atoms with Crippen molar-refractivity contribution in [3.63, 3.8) is 0 Å². The summed E-state index contributed by atoms with van der Waals surface area (Å²) in [6, 6.07) is 10.7. The first kappa shape index (κ1) is 15.2. The zero-order chi connectivity index (χ0) is 13.1. The summed E-state index contributed by atoms with van der Waals surface area (Å²) < 4.78 is 5.53. The highest BCUT2D eigenvalue weighted by Crippen LogP contribution is 2.12. The van der Waals surface area contributed by atoms with E-state index in [-0.39, 0.29) is 0 Å². The molecule has 0 amide bonds. The van der Waals surface area contributed by atoms with Crippen LogP contribution in [0.2, 0.25) is 0 Å². The summed E-state index contributed by atoms with van der Waals surface area (Å²) in [5.74, 6) is 0.576. The number of rotatable bonds is 10. The van der Waals surface area contributed by atoms with Crippen LogP contribution in [0.25, 0.3) is 0 Å². The molecule has 0 saturated heterocycles. The molecule has 0 fully saturated rings. The van der Waals surface area contributed by atoms with Gasteiger partial charge in [-0.15, -0.1) is 0 Å². The Labute approximate surface area is 112 Å². The Morgan fingerprint density at radius 1 is 1.11 bits per heavy atom. The molecule has 1 atom stereocenters. The molecule has 2 heteroatoms. The maximum absolute atomic E-state index is 5.53. The molecule has 0 unspecified atom stereocenters. The molecular weight excluding hydrogens is 222 g/mol. The summed E-state index contributed by atoms with van der Waals surface area (Å²) in [5.41, 5.74) is 1.41. The van der Waals surface area contributed by atoms with E-state index in [0.29, 0.717) is 5.92 Å². The lowest BCUT2D eigenvalue weighted by molar-refractivity contribution is 0.129. The van der Waals surface area contributed by atoms with Crippen molar-refractivity contribution < 1.29 is 4.74 Å². The maximum Gasteiger partial charge on any atom is 0.0478 e. The SMILES string of the molecule is CCCCOCCCNC[C@H](C)c1ccccc1. The van der Waals surface area contributed by atoms with Gasteiger partial charge in [0, 0.05) is 19.8 Å². The summed E-state index contributed by atoms with van der Waals surface area (Å²) in [6.45, 7) is 8.34. The zero-order valence-electron chi connectivity index (χ0n) is 11.8. The van der Waals surface area contributed by atoms with E-state index in [0.717, 1.165) is 32.7 Å². The molecule has 2 nitrogen and oxygen atoms in total. The minimum absolute atomic E-state index is 0.576. The maximum atomic E-state index is 5.53. The average molecular weight is 249 g/mol. The molecular formula is C16H27NO. The van der Waals surface area contributed by atoms with Crippen LogP contribution < -0.4 is 5.32 Å². The highest BCUT2D eigenvalue weighted by Gasteiger charge is 2.03. The Kier molecular flexibility index (Phi) is 8.53. The van der Waals surface area contributed by atoms with E-state index in [1.807, 2.05) is 0 Å². The predicted octanol–water partition coefficient (Wildman–Crippen LogP) is 3.59. The van der Waals surface area contributed by atoms with E-state index in [2.05, 4.69) is 49.5 Å². The quantitative estimate of drug-likeness (QED) is 0.640. The van der Waals surface area contributed by atoms with Gasteiger partial charge in [-0.3, -0.25) is 0 Å². The Hall–Kier alpha value is -0.860. The molecule has 0 aliphatic carbocycles. The van der Waals surface area contributed by atoms with Gasteiger partial charge in [0.05, 0.1) is 0 Å². The molecule has 0 aliphatic heterocycles. The Balaban J connectivity index is 1.98. The molecule has 0 spiro atoms. The highest BCUT2D eigenvalue weighted by molar-refractivity contribution is 5.18. The summed E-state index contributed by atoms with van der Waals surface area (Å²) in [4.78, 5) is 0. The molecule has 0 saturated carbocycles. The van der Waals surface area contributed by atoms with Crippen molar-refractivity contribution in [2.45, 2.75) is 39.0 Å². The second-order valence-corrected chi connectivity index (χ2v) is 4.84. The zero-order valence-corrected chi connectivity index (χ0v) is 11.8. The van der Waals surface area contributed by atoms with Crippen molar-refractivity contribution in [1.82, 2.24) is 5.32 Å². The number of unbranched alkanes of at least 4 members (excludes halogenated alkanes) is 1. The topological polar surface area (TPSA) is 21.3 Å². The van der Waals surface area contributed by atoms with Gasteiger partial charge in [0.2, 0.25) is 0 Å². The average Bonchev–Trinajstić information content (AvgIpc) is 2.42. The fourth-order valence-electron chi connectivity index (χ4n) is 1.87. The van der Waals surface area contributed by atoms with Crippen molar-refractivity contribution in [1.29, 1.82) is 0 Å². The van der Waals surface area contributed by atoms with Crippen LogP contribution in [0.15, 0.2) is 30.3 Å². The van der Waals surface area contributed by atoms with Crippen molar-refractivity contribution in [2.75, 3.05) is 26.3 Å². The molecule has 0 aromatic heterocycles. The predicted molar refractivity (Wildman–Crippen MR) is 78.1 cm³/mol. The molecule has 1 rings (SSSR count). The highest BCUT2D eigenvalue weighted by atomic mass is 16.5. The van der Waals surface area contributed by atoms with Crippen molar-refractivity contribution >= 4 is 0 Å². The van der Waals surface area contributed by atoms with Crippen LogP contribution in [0.3, 0.4) is 0 Å². The second kappa shape index (κ2) is 10.1. The van der Waals surface area contributed by atoms with E-state index < -0.39 is 0 Å². The first-order chi connectivity index (χ1) is 8.84. The first-order valence-corrected chi connectivity index (χ1v) is 7.18. The van der Waals surface area contributed by atoms with Crippen LogP contribution in [-0.4, -0.2) is 26.3 Å². The van der Waals surface area contributed by atoms with Crippen LogP contribution in [-0.2, 0) is 4.74 Å². The Morgan fingerprint density at radius 3 is 2.56 bits per heavy atom. The van der Waals surface area contributed by atoms with Crippen LogP contribution in [0.4, 0.5) is 0 Å². The van der Waals surface area contributed by atoms with Gasteiger partial charge in [0.15, 0.2) is 0 Å². The monoisotopic (exact) mass is 249 g/mol. The Morgan fingerprint density at radius 2 is 1.83 bits per heavy atom. The Bertz CT molecular complexity index is 286. The lowest BCUT2D eigenvalue weighted by Crippen LogP contribution is -2.22. The minimum atomic E-state index is 0.576. The number of hydrogen-bond acceptors (Lipinski definition) is 2. The number of benzene rings is 1. The van der Waals surface area contributed by atoms with Crippen molar-refractivity contribution in [3.05, 3.63) is 35.9 Å². The van der Waals surface area contributed by atoms with Gasteiger partial charge in [-0.1, -0.05) is 50.6 Å². The van der Waals surface area contributed by atoms with Gasteiger partial charge in [0.1, 0.15) is 0 Å². The van der Waals surface area contributed by atoms with E-state index in [1.165, 1.54) is 18.4 Å². The summed E-state index contributed by atoms with van der Waals surface area (Å²) in [6.07, 6.45) is 3.50. The molecule has 0 aliphatic rings. The molecule has 102 valence electrons. The van der Waals surface area contributed by atoms with Gasteiger partial charge >= 0.3 is 0 Å². The molecule has 1 aromatic carbocycles. The van der Waals surface area contributed by atoms with Crippen molar-refractivity contribution in [3.8, 4) is 0 Å². The first-order valence-electron chi connectivity index (χ1n) is 7.18. The van der Waals surface area contributed by atoms with E-state index >= 15 is 0 Å². The van der Waals surface area contributed by atoms with Crippen molar-refractivity contribution in [2.24, 2.45) is 0 Å². The number of nitrogens with one attached hydrogen (secondary N) is 1. The smallest absolute Gasteiger partial charge is 0.0478 e. The normalized spacial score (nSPS) is 12.6. The van der Waals surface area contributed by atoms with E-state index in [4.69, 9.17) is 4.74 Å². The standard InChI is InChI=1S/C16H27NO/c1-3-4-12-18-13-8-11-17-14-15(2)16-9-6-5-7-10-16/h5-7,9-10,15,17H,3-4,8,11-14H2,1-2H3/t15-/m0/s1. The van der Waals surface area contributed by atoms with Gasteiger partial charge in [-0.05, 0) is 30.9 Å². The summed E-state index contributed by atoms with van der Waals surface area (Å²) in [5, 5.41) is 3.49. The number of hydrogen-bond donors (Lipinski definition) is 1. The van der Waals surface area contributed by atoms with Gasteiger partial charge in [-0.2, -0.15) is 0 Å². The second-order valence-electron chi connectivity index (χ2n) is 4.84.